The molecule has 1 aromatic rings. The molecule has 0 aliphatic rings. The Bertz CT molecular complexity index is 406. The van der Waals surface area contributed by atoms with E-state index < -0.39 is 0 Å². The Morgan fingerprint density at radius 3 is 2.62 bits per heavy atom. The third-order valence-corrected chi connectivity index (χ3v) is 2.67. The van der Waals surface area contributed by atoms with E-state index in [1.54, 1.807) is 0 Å². The van der Waals surface area contributed by atoms with Crippen LogP contribution in [0.5, 0.6) is 5.75 Å². The molecular weight excluding hydrogens is 206 g/mol. The standard InChI is InChI=1S/C11H19N3O2/c1-7(11(2,3)4)14-9-8(16-5)10(15)13-6-12-9/h6-7H,1-5H3,(H2,12,13,14,15). The molecule has 0 spiro atoms. The van der Waals surface area contributed by atoms with E-state index in [1.165, 1.54) is 13.4 Å². The molecule has 1 unspecified atom stereocenters. The molecule has 0 radical (unpaired) electrons. The first-order chi connectivity index (χ1) is 7.36. The van der Waals surface area contributed by atoms with Crippen LogP contribution >= 0.6 is 0 Å². The molecule has 0 amide bonds. The smallest absolute Gasteiger partial charge is 0.295 e. The Morgan fingerprint density at radius 1 is 1.50 bits per heavy atom. The fraction of sp³-hybridized carbons (Fsp3) is 0.636. The highest BCUT2D eigenvalue weighted by atomic mass is 16.5. The minimum absolute atomic E-state index is 0.0787. The van der Waals surface area contributed by atoms with Crippen molar-refractivity contribution in [2.75, 3.05) is 12.4 Å². The van der Waals surface area contributed by atoms with Crippen molar-refractivity contribution in [3.63, 3.8) is 0 Å². The molecule has 5 nitrogen and oxygen atoms in total. The molecule has 1 heterocycles. The minimum atomic E-state index is -0.277. The SMILES string of the molecule is COc1c(NC(C)C(C)(C)C)nc[nH]c1=O. The number of hydrogen-bond acceptors (Lipinski definition) is 4. The first-order valence-corrected chi connectivity index (χ1v) is 5.24. The van der Waals surface area contributed by atoms with Crippen molar-refractivity contribution in [1.82, 2.24) is 9.97 Å². The van der Waals surface area contributed by atoms with Crippen molar-refractivity contribution >= 4 is 5.82 Å². The molecule has 2 N–H and O–H groups in total. The lowest BCUT2D eigenvalue weighted by molar-refractivity contribution is 0.355. The van der Waals surface area contributed by atoms with Gasteiger partial charge >= 0.3 is 0 Å². The second-order valence-electron chi connectivity index (χ2n) is 4.85. The lowest BCUT2D eigenvalue weighted by Gasteiger charge is -2.28. The average Bonchev–Trinajstić information content (AvgIpc) is 2.16. The maximum Gasteiger partial charge on any atom is 0.295 e. The Kier molecular flexibility index (Phi) is 3.57. The number of aromatic nitrogens is 2. The van der Waals surface area contributed by atoms with Crippen molar-refractivity contribution in [2.24, 2.45) is 5.41 Å². The van der Waals surface area contributed by atoms with Gasteiger partial charge in [-0.25, -0.2) is 4.98 Å². The second-order valence-corrected chi connectivity index (χ2v) is 4.85. The largest absolute Gasteiger partial charge is 0.489 e. The third-order valence-electron chi connectivity index (χ3n) is 2.67. The van der Waals surface area contributed by atoms with Gasteiger partial charge in [-0.1, -0.05) is 20.8 Å². The van der Waals surface area contributed by atoms with Gasteiger partial charge in [0, 0.05) is 6.04 Å². The monoisotopic (exact) mass is 225 g/mol. The van der Waals surface area contributed by atoms with Gasteiger partial charge in [-0.05, 0) is 12.3 Å². The van der Waals surface area contributed by atoms with Crippen LogP contribution in [0.4, 0.5) is 5.82 Å². The predicted octanol–water partition coefficient (Wildman–Crippen LogP) is 1.62. The Hall–Kier alpha value is -1.52. The van der Waals surface area contributed by atoms with Gasteiger partial charge in [0.05, 0.1) is 13.4 Å². The molecule has 1 atom stereocenters. The molecule has 0 aromatic carbocycles. The zero-order chi connectivity index (χ0) is 12.3. The molecule has 5 heteroatoms. The molecule has 0 aliphatic carbocycles. The summed E-state index contributed by atoms with van der Waals surface area (Å²) in [6.45, 7) is 8.39. The Labute approximate surface area is 95.3 Å². The molecule has 16 heavy (non-hydrogen) atoms. The molecular formula is C11H19N3O2. The highest BCUT2D eigenvalue weighted by Crippen LogP contribution is 2.24. The first-order valence-electron chi connectivity index (χ1n) is 5.24. The summed E-state index contributed by atoms with van der Waals surface area (Å²) < 4.78 is 5.02. The molecule has 0 aliphatic heterocycles. The van der Waals surface area contributed by atoms with Gasteiger partial charge in [-0.15, -0.1) is 0 Å². The number of nitrogens with one attached hydrogen (secondary N) is 2. The maximum absolute atomic E-state index is 11.4. The van der Waals surface area contributed by atoms with Crippen LogP contribution in [0.3, 0.4) is 0 Å². The van der Waals surface area contributed by atoms with Crippen LogP contribution in [0.25, 0.3) is 0 Å². The fourth-order valence-corrected chi connectivity index (χ4v) is 1.10. The van der Waals surface area contributed by atoms with Crippen molar-refractivity contribution < 1.29 is 4.74 Å². The molecule has 0 saturated heterocycles. The minimum Gasteiger partial charge on any atom is -0.489 e. The van der Waals surface area contributed by atoms with Crippen molar-refractivity contribution in [3.8, 4) is 5.75 Å². The summed E-state index contributed by atoms with van der Waals surface area (Å²) in [6, 6.07) is 0.177. The maximum atomic E-state index is 11.4. The van der Waals surface area contributed by atoms with E-state index in [2.05, 4.69) is 36.1 Å². The molecule has 90 valence electrons. The number of H-pyrrole nitrogens is 1. The van der Waals surface area contributed by atoms with Gasteiger partial charge < -0.3 is 15.0 Å². The van der Waals surface area contributed by atoms with Gasteiger partial charge in [0.1, 0.15) is 0 Å². The molecule has 1 aromatic heterocycles. The zero-order valence-corrected chi connectivity index (χ0v) is 10.4. The van der Waals surface area contributed by atoms with Crippen LogP contribution in [0.2, 0.25) is 0 Å². The quantitative estimate of drug-likeness (QED) is 0.820. The molecule has 1 rings (SSSR count). The third kappa shape index (κ3) is 2.74. The van der Waals surface area contributed by atoms with E-state index in [0.717, 1.165) is 0 Å². The highest BCUT2D eigenvalue weighted by Gasteiger charge is 2.22. The number of hydrogen-bond donors (Lipinski definition) is 2. The van der Waals surface area contributed by atoms with Crippen molar-refractivity contribution in [3.05, 3.63) is 16.7 Å². The van der Waals surface area contributed by atoms with Crippen LogP contribution in [-0.4, -0.2) is 23.1 Å². The predicted molar refractivity (Wildman–Crippen MR) is 63.9 cm³/mol. The van der Waals surface area contributed by atoms with E-state index in [4.69, 9.17) is 4.74 Å². The van der Waals surface area contributed by atoms with E-state index in [9.17, 15) is 4.79 Å². The summed E-state index contributed by atoms with van der Waals surface area (Å²) in [4.78, 5) is 18.0. The van der Waals surface area contributed by atoms with Crippen LogP contribution < -0.4 is 15.6 Å². The van der Waals surface area contributed by atoms with E-state index in [-0.39, 0.29) is 22.8 Å². The summed E-state index contributed by atoms with van der Waals surface area (Å²) >= 11 is 0. The topological polar surface area (TPSA) is 67.0 Å². The van der Waals surface area contributed by atoms with Crippen LogP contribution in [0, 0.1) is 5.41 Å². The van der Waals surface area contributed by atoms with Crippen LogP contribution in [-0.2, 0) is 0 Å². The summed E-state index contributed by atoms with van der Waals surface area (Å²) in [7, 11) is 1.46. The number of rotatable bonds is 3. The number of nitrogens with zero attached hydrogens (tertiary/aromatic N) is 1. The first kappa shape index (κ1) is 12.5. The highest BCUT2D eigenvalue weighted by molar-refractivity contribution is 5.48. The van der Waals surface area contributed by atoms with Gasteiger partial charge in [0.2, 0.25) is 5.75 Å². The lowest BCUT2D eigenvalue weighted by Crippen LogP contribution is -2.32. The van der Waals surface area contributed by atoms with Gasteiger partial charge in [0.15, 0.2) is 5.82 Å². The van der Waals surface area contributed by atoms with Crippen molar-refractivity contribution in [2.45, 2.75) is 33.7 Å². The fourth-order valence-electron chi connectivity index (χ4n) is 1.10. The summed E-state index contributed by atoms with van der Waals surface area (Å²) in [6.07, 6.45) is 1.36. The average molecular weight is 225 g/mol. The molecule has 0 bridgehead atoms. The normalized spacial score (nSPS) is 13.3. The summed E-state index contributed by atoms with van der Waals surface area (Å²) in [5, 5.41) is 3.19. The lowest BCUT2D eigenvalue weighted by atomic mass is 9.88. The van der Waals surface area contributed by atoms with Crippen LogP contribution in [0.1, 0.15) is 27.7 Å². The second kappa shape index (κ2) is 4.55. The number of methoxy groups -OCH3 is 1. The number of ether oxygens (including phenoxy) is 1. The van der Waals surface area contributed by atoms with Crippen molar-refractivity contribution in [1.29, 1.82) is 0 Å². The zero-order valence-electron chi connectivity index (χ0n) is 10.4. The van der Waals surface area contributed by atoms with E-state index in [0.29, 0.717) is 5.82 Å². The Balaban J connectivity index is 2.98. The number of anilines is 1. The van der Waals surface area contributed by atoms with Gasteiger partial charge in [-0.2, -0.15) is 0 Å². The van der Waals surface area contributed by atoms with Crippen LogP contribution in [0.15, 0.2) is 11.1 Å². The van der Waals surface area contributed by atoms with E-state index >= 15 is 0 Å². The molecule has 0 fully saturated rings. The van der Waals surface area contributed by atoms with Gasteiger partial charge in [-0.3, -0.25) is 4.79 Å². The summed E-state index contributed by atoms with van der Waals surface area (Å²) in [5.74, 6) is 0.701. The van der Waals surface area contributed by atoms with E-state index in [1.807, 2.05) is 6.92 Å². The Morgan fingerprint density at radius 2 is 2.12 bits per heavy atom. The number of aromatic amines is 1. The summed E-state index contributed by atoms with van der Waals surface area (Å²) in [5.41, 5.74) is -0.198. The molecule has 0 saturated carbocycles. The van der Waals surface area contributed by atoms with Gasteiger partial charge in [0.25, 0.3) is 5.56 Å².